The number of carboxylic acids is 1. The van der Waals surface area contributed by atoms with Crippen LogP contribution >= 0.6 is 0 Å². The van der Waals surface area contributed by atoms with Crippen LogP contribution in [0.1, 0.15) is 0 Å². The molecule has 1 aliphatic rings. The molecule has 1 amide bonds. The van der Waals surface area contributed by atoms with E-state index in [-0.39, 0.29) is 18.4 Å². The van der Waals surface area contributed by atoms with Crippen LogP contribution in [0.5, 0.6) is 0 Å². The lowest BCUT2D eigenvalue weighted by molar-refractivity contribution is -0.148. The van der Waals surface area contributed by atoms with Crippen LogP contribution in [0.25, 0.3) is 0 Å². The Labute approximate surface area is 82.4 Å². The van der Waals surface area contributed by atoms with Crippen molar-refractivity contribution in [3.05, 3.63) is 12.7 Å². The molecule has 0 radical (unpaired) electrons. The summed E-state index contributed by atoms with van der Waals surface area (Å²) in [6.07, 6.45) is 1.61. The maximum absolute atomic E-state index is 11.1. The lowest BCUT2D eigenvalue weighted by Crippen LogP contribution is -2.53. The molecule has 0 aromatic heterocycles. The third kappa shape index (κ3) is 2.85. The SMILES string of the molecule is C=CCNC(=O)CN1CC(C(=O)O)C1. The lowest BCUT2D eigenvalue weighted by Gasteiger charge is -2.35. The van der Waals surface area contributed by atoms with Crippen LogP contribution in [0.4, 0.5) is 0 Å². The first kappa shape index (κ1) is 10.7. The standard InChI is InChI=1S/C9H14N2O3/c1-2-3-10-8(12)6-11-4-7(5-11)9(13)14/h2,7H,1,3-6H2,(H,10,12)(H,13,14). The van der Waals surface area contributed by atoms with Crippen LogP contribution < -0.4 is 5.32 Å². The zero-order chi connectivity index (χ0) is 10.6. The minimum absolute atomic E-state index is 0.0891. The smallest absolute Gasteiger partial charge is 0.309 e. The van der Waals surface area contributed by atoms with E-state index in [0.717, 1.165) is 0 Å². The Morgan fingerprint density at radius 2 is 2.21 bits per heavy atom. The molecule has 1 saturated heterocycles. The van der Waals surface area contributed by atoms with Crippen molar-refractivity contribution in [1.29, 1.82) is 0 Å². The van der Waals surface area contributed by atoms with Gasteiger partial charge in [0.15, 0.2) is 0 Å². The van der Waals surface area contributed by atoms with Crippen molar-refractivity contribution >= 4 is 11.9 Å². The molecule has 0 saturated carbocycles. The molecule has 2 N–H and O–H groups in total. The number of likely N-dealkylation sites (tertiary alicyclic amines) is 1. The van der Waals surface area contributed by atoms with Crippen molar-refractivity contribution in [2.24, 2.45) is 5.92 Å². The van der Waals surface area contributed by atoms with Crippen molar-refractivity contribution in [3.63, 3.8) is 0 Å². The summed E-state index contributed by atoms with van der Waals surface area (Å²) in [6, 6.07) is 0. The summed E-state index contributed by atoms with van der Waals surface area (Å²) in [5, 5.41) is 11.2. The molecule has 78 valence electrons. The Bertz CT molecular complexity index is 246. The second-order valence-electron chi connectivity index (χ2n) is 3.32. The van der Waals surface area contributed by atoms with Crippen molar-refractivity contribution in [3.8, 4) is 0 Å². The molecule has 1 rings (SSSR count). The predicted molar refractivity (Wildman–Crippen MR) is 50.8 cm³/mol. The van der Waals surface area contributed by atoms with E-state index in [4.69, 9.17) is 5.11 Å². The van der Waals surface area contributed by atoms with Gasteiger partial charge in [-0.25, -0.2) is 0 Å². The van der Waals surface area contributed by atoms with Gasteiger partial charge in [0.25, 0.3) is 0 Å². The number of aliphatic carboxylic acids is 1. The molecule has 5 heteroatoms. The van der Waals surface area contributed by atoms with Gasteiger partial charge in [0, 0.05) is 19.6 Å². The Morgan fingerprint density at radius 1 is 1.57 bits per heavy atom. The van der Waals surface area contributed by atoms with Crippen LogP contribution in [0.15, 0.2) is 12.7 Å². The monoisotopic (exact) mass is 198 g/mol. The zero-order valence-corrected chi connectivity index (χ0v) is 7.90. The lowest BCUT2D eigenvalue weighted by atomic mass is 10.0. The molecule has 1 fully saturated rings. The van der Waals surface area contributed by atoms with Gasteiger partial charge in [-0.05, 0) is 0 Å². The van der Waals surface area contributed by atoms with Gasteiger partial charge in [0.2, 0.25) is 5.91 Å². The number of amides is 1. The number of rotatable bonds is 5. The Morgan fingerprint density at radius 3 is 2.71 bits per heavy atom. The second-order valence-corrected chi connectivity index (χ2v) is 3.32. The summed E-state index contributed by atoms with van der Waals surface area (Å²) in [5.41, 5.74) is 0. The Balaban J connectivity index is 2.13. The molecule has 1 heterocycles. The fourth-order valence-electron chi connectivity index (χ4n) is 1.30. The average Bonchev–Trinajstić information content (AvgIpc) is 2.06. The van der Waals surface area contributed by atoms with Gasteiger partial charge in [-0.15, -0.1) is 6.58 Å². The molecule has 0 aromatic carbocycles. The fraction of sp³-hybridized carbons (Fsp3) is 0.556. The second kappa shape index (κ2) is 4.76. The summed E-state index contributed by atoms with van der Waals surface area (Å²) in [5.74, 6) is -1.18. The number of carbonyl (C=O) groups excluding carboxylic acids is 1. The molecular weight excluding hydrogens is 184 g/mol. The van der Waals surface area contributed by atoms with Gasteiger partial charge < -0.3 is 10.4 Å². The highest BCUT2D eigenvalue weighted by molar-refractivity contribution is 5.79. The van der Waals surface area contributed by atoms with E-state index in [9.17, 15) is 9.59 Å². The molecule has 0 aliphatic carbocycles. The van der Waals surface area contributed by atoms with E-state index in [1.54, 1.807) is 11.0 Å². The van der Waals surface area contributed by atoms with E-state index in [0.29, 0.717) is 19.6 Å². The molecule has 0 spiro atoms. The van der Waals surface area contributed by atoms with Gasteiger partial charge >= 0.3 is 5.97 Å². The summed E-state index contributed by atoms with van der Waals surface area (Å²) >= 11 is 0. The number of hydrogen-bond donors (Lipinski definition) is 2. The maximum Gasteiger partial charge on any atom is 0.309 e. The van der Waals surface area contributed by atoms with Crippen molar-refractivity contribution < 1.29 is 14.7 Å². The highest BCUT2D eigenvalue weighted by Gasteiger charge is 2.33. The summed E-state index contributed by atoms with van der Waals surface area (Å²) in [4.78, 5) is 23.4. The average molecular weight is 198 g/mol. The number of nitrogens with zero attached hydrogens (tertiary/aromatic N) is 1. The van der Waals surface area contributed by atoms with Gasteiger partial charge in [0.1, 0.15) is 0 Å². The van der Waals surface area contributed by atoms with E-state index < -0.39 is 5.97 Å². The molecule has 0 bridgehead atoms. The number of nitrogens with one attached hydrogen (secondary N) is 1. The van der Waals surface area contributed by atoms with Gasteiger partial charge in [0.05, 0.1) is 12.5 Å². The summed E-state index contributed by atoms with van der Waals surface area (Å²) in [7, 11) is 0. The maximum atomic E-state index is 11.1. The summed E-state index contributed by atoms with van der Waals surface area (Å²) in [6.45, 7) is 5.14. The minimum Gasteiger partial charge on any atom is -0.481 e. The Hall–Kier alpha value is -1.36. The highest BCUT2D eigenvalue weighted by Crippen LogP contribution is 2.14. The molecule has 1 aliphatic heterocycles. The van der Waals surface area contributed by atoms with Crippen LogP contribution in [-0.2, 0) is 9.59 Å². The fourth-order valence-corrected chi connectivity index (χ4v) is 1.30. The van der Waals surface area contributed by atoms with Crippen molar-refractivity contribution in [2.45, 2.75) is 0 Å². The van der Waals surface area contributed by atoms with E-state index in [1.807, 2.05) is 0 Å². The first-order chi connectivity index (χ1) is 6.63. The van der Waals surface area contributed by atoms with Crippen molar-refractivity contribution in [1.82, 2.24) is 10.2 Å². The quantitative estimate of drug-likeness (QED) is 0.573. The topological polar surface area (TPSA) is 69.6 Å². The highest BCUT2D eigenvalue weighted by atomic mass is 16.4. The molecular formula is C9H14N2O3. The first-order valence-electron chi connectivity index (χ1n) is 4.46. The molecule has 0 atom stereocenters. The number of hydrogen-bond acceptors (Lipinski definition) is 3. The van der Waals surface area contributed by atoms with Crippen molar-refractivity contribution in [2.75, 3.05) is 26.2 Å². The Kier molecular flexibility index (Phi) is 3.64. The van der Waals surface area contributed by atoms with Gasteiger partial charge in [-0.3, -0.25) is 14.5 Å². The predicted octanol–water partition coefficient (Wildman–Crippen LogP) is -0.695. The van der Waals surface area contributed by atoms with E-state index in [2.05, 4.69) is 11.9 Å². The third-order valence-electron chi connectivity index (χ3n) is 2.12. The van der Waals surface area contributed by atoms with Crippen LogP contribution in [-0.4, -0.2) is 48.1 Å². The van der Waals surface area contributed by atoms with Crippen LogP contribution in [0.3, 0.4) is 0 Å². The summed E-state index contributed by atoms with van der Waals surface area (Å²) < 4.78 is 0. The van der Waals surface area contributed by atoms with Crippen LogP contribution in [0.2, 0.25) is 0 Å². The van der Waals surface area contributed by atoms with Gasteiger partial charge in [-0.2, -0.15) is 0 Å². The number of carbonyl (C=O) groups is 2. The molecule has 0 unspecified atom stereocenters. The zero-order valence-electron chi connectivity index (χ0n) is 7.90. The van der Waals surface area contributed by atoms with Crippen LogP contribution in [0, 0.1) is 5.92 Å². The minimum atomic E-state index is -0.784. The largest absolute Gasteiger partial charge is 0.481 e. The number of carboxylic acid groups (broad SMARTS) is 1. The van der Waals surface area contributed by atoms with E-state index in [1.165, 1.54) is 0 Å². The third-order valence-corrected chi connectivity index (χ3v) is 2.12. The normalized spacial score (nSPS) is 17.1. The molecule has 5 nitrogen and oxygen atoms in total. The van der Waals surface area contributed by atoms with Gasteiger partial charge in [-0.1, -0.05) is 6.08 Å². The molecule has 14 heavy (non-hydrogen) atoms. The first-order valence-corrected chi connectivity index (χ1v) is 4.46. The molecule has 0 aromatic rings. The van der Waals surface area contributed by atoms with E-state index >= 15 is 0 Å².